The number of guanidine groups is 1. The lowest BCUT2D eigenvalue weighted by Gasteiger charge is -2.20. The Hall–Kier alpha value is -2.16. The number of aliphatic imine (C=N–C) groups is 1. The normalized spacial score (nSPS) is 12.0. The predicted molar refractivity (Wildman–Crippen MR) is 122 cm³/mol. The quantitative estimate of drug-likeness (QED) is 0.364. The maximum atomic E-state index is 13.9. The molecule has 152 valence electrons. The van der Waals surface area contributed by atoms with E-state index in [1.807, 2.05) is 43.3 Å². The topological polar surface area (TPSA) is 56.7 Å². The molecule has 0 spiro atoms. The van der Waals surface area contributed by atoms with Gasteiger partial charge in [-0.05, 0) is 36.6 Å². The second kappa shape index (κ2) is 11.6. The van der Waals surface area contributed by atoms with Crippen LogP contribution in [0.25, 0.3) is 0 Å². The van der Waals surface area contributed by atoms with E-state index in [4.69, 9.17) is 0 Å². The molecule has 0 saturated heterocycles. The van der Waals surface area contributed by atoms with E-state index >= 15 is 0 Å². The van der Waals surface area contributed by atoms with Crippen LogP contribution in [0, 0.1) is 12.7 Å². The Morgan fingerprint density at radius 2 is 1.86 bits per heavy atom. The Morgan fingerprint density at radius 1 is 1.18 bits per heavy atom. The molecule has 0 radical (unpaired) electrons. The molecule has 1 amide bonds. The van der Waals surface area contributed by atoms with Gasteiger partial charge in [-0.25, -0.2) is 9.38 Å². The number of nitrogens with one attached hydrogen (secondary N) is 2. The van der Waals surface area contributed by atoms with Crippen LogP contribution in [0.4, 0.5) is 4.39 Å². The minimum atomic E-state index is -0.236. The molecule has 0 fully saturated rings. The fourth-order valence-electron chi connectivity index (χ4n) is 2.39. The van der Waals surface area contributed by atoms with Crippen LogP contribution in [0.5, 0.6) is 0 Å². The van der Waals surface area contributed by atoms with Gasteiger partial charge in [0, 0.05) is 14.1 Å². The molecule has 1 unspecified atom stereocenters. The molecule has 1 atom stereocenters. The van der Waals surface area contributed by atoms with Crippen molar-refractivity contribution in [2.75, 3.05) is 20.6 Å². The third kappa shape index (κ3) is 7.46. The first-order chi connectivity index (χ1) is 12.9. The van der Waals surface area contributed by atoms with E-state index < -0.39 is 0 Å². The SMILES string of the molecule is Cc1ccc(C(C)NC(=NCc2ccccc2)NCC(=O)N(C)C)cc1F.I. The maximum Gasteiger partial charge on any atom is 0.241 e. The van der Waals surface area contributed by atoms with E-state index in [2.05, 4.69) is 15.6 Å². The number of amides is 1. The average molecular weight is 498 g/mol. The Kier molecular flexibility index (Phi) is 9.92. The molecule has 0 aliphatic carbocycles. The van der Waals surface area contributed by atoms with Crippen molar-refractivity contribution in [1.29, 1.82) is 0 Å². The van der Waals surface area contributed by atoms with Crippen molar-refractivity contribution in [3.8, 4) is 0 Å². The van der Waals surface area contributed by atoms with Gasteiger partial charge in [0.2, 0.25) is 5.91 Å². The molecule has 2 aromatic rings. The Balaban J connectivity index is 0.00000392. The zero-order chi connectivity index (χ0) is 19.8. The first-order valence-corrected chi connectivity index (χ1v) is 8.92. The maximum absolute atomic E-state index is 13.9. The highest BCUT2D eigenvalue weighted by molar-refractivity contribution is 14.0. The molecule has 2 aromatic carbocycles. The molecular formula is C21H28FIN4O. The number of halogens is 2. The van der Waals surface area contributed by atoms with E-state index in [0.717, 1.165) is 11.1 Å². The Bertz CT molecular complexity index is 796. The van der Waals surface area contributed by atoms with E-state index in [1.165, 1.54) is 11.0 Å². The number of hydrogen-bond donors (Lipinski definition) is 2. The molecule has 0 aliphatic heterocycles. The van der Waals surface area contributed by atoms with E-state index in [0.29, 0.717) is 18.1 Å². The van der Waals surface area contributed by atoms with E-state index in [-0.39, 0.29) is 48.3 Å². The number of rotatable bonds is 6. The van der Waals surface area contributed by atoms with Gasteiger partial charge in [-0.2, -0.15) is 0 Å². The van der Waals surface area contributed by atoms with Crippen molar-refractivity contribution in [3.05, 3.63) is 71.0 Å². The number of nitrogens with zero attached hydrogens (tertiary/aromatic N) is 2. The van der Waals surface area contributed by atoms with Gasteiger partial charge in [-0.1, -0.05) is 42.5 Å². The zero-order valence-corrected chi connectivity index (χ0v) is 19.0. The highest BCUT2D eigenvalue weighted by Crippen LogP contribution is 2.16. The molecule has 28 heavy (non-hydrogen) atoms. The summed E-state index contributed by atoms with van der Waals surface area (Å²) in [4.78, 5) is 18.0. The lowest BCUT2D eigenvalue weighted by molar-refractivity contribution is -0.127. The summed E-state index contributed by atoms with van der Waals surface area (Å²) in [5.74, 6) is 0.209. The molecule has 2 N–H and O–H groups in total. The third-order valence-electron chi connectivity index (χ3n) is 4.22. The third-order valence-corrected chi connectivity index (χ3v) is 4.22. The Morgan fingerprint density at radius 3 is 2.46 bits per heavy atom. The van der Waals surface area contributed by atoms with Crippen LogP contribution in [0.15, 0.2) is 53.5 Å². The van der Waals surface area contributed by atoms with Crippen LogP contribution in [0.1, 0.15) is 29.7 Å². The fraction of sp³-hybridized carbons (Fsp3) is 0.333. The van der Waals surface area contributed by atoms with Gasteiger partial charge >= 0.3 is 0 Å². The van der Waals surface area contributed by atoms with Crippen LogP contribution >= 0.6 is 24.0 Å². The van der Waals surface area contributed by atoms with E-state index in [9.17, 15) is 9.18 Å². The summed E-state index contributed by atoms with van der Waals surface area (Å²) < 4.78 is 13.9. The molecule has 5 nitrogen and oxygen atoms in total. The van der Waals surface area contributed by atoms with Gasteiger partial charge in [0.05, 0.1) is 19.1 Å². The van der Waals surface area contributed by atoms with Crippen molar-refractivity contribution in [1.82, 2.24) is 15.5 Å². The molecular weight excluding hydrogens is 470 g/mol. The number of hydrogen-bond acceptors (Lipinski definition) is 2. The second-order valence-corrected chi connectivity index (χ2v) is 6.67. The molecule has 2 rings (SSSR count). The number of aryl methyl sites for hydroxylation is 1. The smallest absolute Gasteiger partial charge is 0.241 e. The minimum Gasteiger partial charge on any atom is -0.350 e. The summed E-state index contributed by atoms with van der Waals surface area (Å²) in [6, 6.07) is 14.8. The number of carbonyl (C=O) groups excluding carboxylic acids is 1. The Labute approximate surface area is 183 Å². The predicted octanol–water partition coefficient (Wildman–Crippen LogP) is 3.64. The van der Waals surface area contributed by atoms with Gasteiger partial charge in [0.25, 0.3) is 0 Å². The van der Waals surface area contributed by atoms with Gasteiger partial charge in [-0.3, -0.25) is 4.79 Å². The molecule has 7 heteroatoms. The molecule has 0 heterocycles. The van der Waals surface area contributed by atoms with Crippen LogP contribution in [-0.4, -0.2) is 37.4 Å². The largest absolute Gasteiger partial charge is 0.350 e. The van der Waals surface area contributed by atoms with Gasteiger partial charge in [0.1, 0.15) is 5.82 Å². The number of benzene rings is 2. The monoisotopic (exact) mass is 498 g/mol. The molecule has 0 aromatic heterocycles. The van der Waals surface area contributed by atoms with Crippen molar-refractivity contribution in [2.45, 2.75) is 26.4 Å². The van der Waals surface area contributed by atoms with Crippen molar-refractivity contribution < 1.29 is 9.18 Å². The first-order valence-electron chi connectivity index (χ1n) is 8.92. The van der Waals surface area contributed by atoms with Crippen LogP contribution in [0.2, 0.25) is 0 Å². The summed E-state index contributed by atoms with van der Waals surface area (Å²) in [5, 5.41) is 6.30. The molecule has 0 bridgehead atoms. The lowest BCUT2D eigenvalue weighted by atomic mass is 10.1. The first kappa shape index (κ1) is 23.9. The standard InChI is InChI=1S/C21H27FN4O.HI/c1-15-10-11-18(12-19(15)22)16(2)25-21(24-14-20(27)26(3)4)23-13-17-8-6-5-7-9-17;/h5-12,16H,13-14H2,1-4H3,(H2,23,24,25);1H. The second-order valence-electron chi connectivity index (χ2n) is 6.67. The molecule has 0 saturated carbocycles. The number of carbonyl (C=O) groups is 1. The summed E-state index contributed by atoms with van der Waals surface area (Å²) >= 11 is 0. The summed E-state index contributed by atoms with van der Waals surface area (Å²) in [6.07, 6.45) is 0. The zero-order valence-electron chi connectivity index (χ0n) is 16.7. The van der Waals surface area contributed by atoms with Gasteiger partial charge < -0.3 is 15.5 Å². The van der Waals surface area contributed by atoms with E-state index in [1.54, 1.807) is 27.1 Å². The van der Waals surface area contributed by atoms with Crippen LogP contribution in [-0.2, 0) is 11.3 Å². The highest BCUT2D eigenvalue weighted by Gasteiger charge is 2.12. The van der Waals surface area contributed by atoms with Gasteiger partial charge in [-0.15, -0.1) is 24.0 Å². The highest BCUT2D eigenvalue weighted by atomic mass is 127. The minimum absolute atomic E-state index is 0. The number of likely N-dealkylation sites (N-methyl/N-ethyl adjacent to an activating group) is 1. The van der Waals surface area contributed by atoms with Crippen molar-refractivity contribution in [2.24, 2.45) is 4.99 Å². The lowest BCUT2D eigenvalue weighted by Crippen LogP contribution is -2.43. The van der Waals surface area contributed by atoms with Crippen LogP contribution < -0.4 is 10.6 Å². The summed E-state index contributed by atoms with van der Waals surface area (Å²) in [7, 11) is 3.41. The van der Waals surface area contributed by atoms with Gasteiger partial charge in [0.15, 0.2) is 5.96 Å². The fourth-order valence-corrected chi connectivity index (χ4v) is 2.39. The average Bonchev–Trinajstić information content (AvgIpc) is 2.66. The summed E-state index contributed by atoms with van der Waals surface area (Å²) in [5.41, 5.74) is 2.48. The van der Waals surface area contributed by atoms with Crippen molar-refractivity contribution in [3.63, 3.8) is 0 Å². The van der Waals surface area contributed by atoms with Crippen molar-refractivity contribution >= 4 is 35.8 Å². The van der Waals surface area contributed by atoms with Crippen LogP contribution in [0.3, 0.4) is 0 Å². The molecule has 0 aliphatic rings. The summed E-state index contributed by atoms with van der Waals surface area (Å²) in [6.45, 7) is 4.26.